The molecule has 2 rings (SSSR count). The number of nitrogens with one attached hydrogen (secondary N) is 1. The van der Waals surface area contributed by atoms with Gasteiger partial charge in [-0.2, -0.15) is 13.2 Å². The Morgan fingerprint density at radius 2 is 2.10 bits per heavy atom. The van der Waals surface area contributed by atoms with Crippen molar-refractivity contribution in [2.24, 2.45) is 0 Å². The number of carbonyl (C=O) groups is 1. The van der Waals surface area contributed by atoms with Crippen LogP contribution in [-0.4, -0.2) is 31.1 Å². The molecule has 116 valence electrons. The van der Waals surface area contributed by atoms with Gasteiger partial charge in [0.15, 0.2) is 0 Å². The molecule has 1 heterocycles. The third kappa shape index (κ3) is 3.36. The first-order valence-corrected chi connectivity index (χ1v) is 6.57. The van der Waals surface area contributed by atoms with Crippen LogP contribution in [0, 0.1) is 0 Å². The van der Waals surface area contributed by atoms with Gasteiger partial charge in [-0.1, -0.05) is 30.3 Å². The minimum atomic E-state index is -4.72. The van der Waals surface area contributed by atoms with E-state index in [4.69, 9.17) is 4.74 Å². The largest absolute Gasteiger partial charge is 0.466 e. The lowest BCUT2D eigenvalue weighted by Gasteiger charge is -2.30. The van der Waals surface area contributed by atoms with Gasteiger partial charge in [0.05, 0.1) is 25.7 Å². The Bertz CT molecular complexity index is 492. The van der Waals surface area contributed by atoms with Gasteiger partial charge in [-0.25, -0.2) is 0 Å². The average Bonchev–Trinajstić information content (AvgIpc) is 2.85. The van der Waals surface area contributed by atoms with E-state index in [9.17, 15) is 18.0 Å². The predicted molar refractivity (Wildman–Crippen MR) is 68.3 cm³/mol. The monoisotopic (exact) mass is 303 g/mol. The Morgan fingerprint density at radius 1 is 1.43 bits per heavy atom. The molecular weight excluding hydrogens is 287 g/mol. The molecular formula is C14H16F3NO3. The van der Waals surface area contributed by atoms with Crippen molar-refractivity contribution in [1.29, 1.82) is 0 Å². The molecule has 0 saturated carbocycles. The van der Waals surface area contributed by atoms with E-state index >= 15 is 0 Å². The van der Waals surface area contributed by atoms with Gasteiger partial charge in [0.1, 0.15) is 0 Å². The molecule has 1 aliphatic rings. The van der Waals surface area contributed by atoms with Gasteiger partial charge in [-0.3, -0.25) is 10.1 Å². The van der Waals surface area contributed by atoms with Crippen molar-refractivity contribution in [3.8, 4) is 0 Å². The van der Waals surface area contributed by atoms with Gasteiger partial charge < -0.3 is 9.47 Å². The fourth-order valence-electron chi connectivity index (χ4n) is 2.24. The molecule has 7 heteroatoms. The van der Waals surface area contributed by atoms with Crippen molar-refractivity contribution in [2.45, 2.75) is 31.3 Å². The van der Waals surface area contributed by atoms with Gasteiger partial charge in [0.25, 0.3) is 0 Å². The summed E-state index contributed by atoms with van der Waals surface area (Å²) in [7, 11) is 0. The molecule has 0 aliphatic carbocycles. The highest BCUT2D eigenvalue weighted by molar-refractivity contribution is 5.71. The predicted octanol–water partition coefficient (Wildman–Crippen LogP) is 2.56. The number of benzene rings is 1. The van der Waals surface area contributed by atoms with Crippen LogP contribution >= 0.6 is 0 Å². The first kappa shape index (κ1) is 15.8. The van der Waals surface area contributed by atoms with Crippen molar-refractivity contribution in [2.75, 3.05) is 13.2 Å². The molecule has 2 atom stereocenters. The SMILES string of the molecule is CCOC(=O)CC1(C(F)(F)F)N[C@H](c2ccccc2)CO1. The molecule has 0 amide bonds. The zero-order chi connectivity index (χ0) is 15.5. The third-order valence-electron chi connectivity index (χ3n) is 3.26. The summed E-state index contributed by atoms with van der Waals surface area (Å²) < 4.78 is 49.5. The van der Waals surface area contributed by atoms with E-state index in [0.29, 0.717) is 5.56 Å². The van der Waals surface area contributed by atoms with Crippen molar-refractivity contribution >= 4 is 5.97 Å². The number of hydrogen-bond donors (Lipinski definition) is 1. The first-order chi connectivity index (χ1) is 9.88. The second-order valence-corrected chi connectivity index (χ2v) is 4.73. The van der Waals surface area contributed by atoms with E-state index < -0.39 is 30.3 Å². The summed E-state index contributed by atoms with van der Waals surface area (Å²) in [5.74, 6) is -0.948. The smallest absolute Gasteiger partial charge is 0.431 e. The number of hydrogen-bond acceptors (Lipinski definition) is 4. The van der Waals surface area contributed by atoms with Gasteiger partial charge >= 0.3 is 12.1 Å². The Hall–Kier alpha value is -1.60. The van der Waals surface area contributed by atoms with E-state index in [-0.39, 0.29) is 13.2 Å². The quantitative estimate of drug-likeness (QED) is 0.869. The topological polar surface area (TPSA) is 47.6 Å². The highest BCUT2D eigenvalue weighted by Crippen LogP contribution is 2.41. The molecule has 0 spiro atoms. The van der Waals surface area contributed by atoms with Crippen LogP contribution in [0.3, 0.4) is 0 Å². The van der Waals surface area contributed by atoms with Crippen LogP contribution in [0.15, 0.2) is 30.3 Å². The molecule has 0 aromatic heterocycles. The Balaban J connectivity index is 2.18. The minimum absolute atomic E-state index is 0.0227. The van der Waals surface area contributed by atoms with Crippen molar-refractivity contribution in [3.05, 3.63) is 35.9 Å². The molecule has 1 aromatic carbocycles. The van der Waals surface area contributed by atoms with Gasteiger partial charge in [0, 0.05) is 0 Å². The highest BCUT2D eigenvalue weighted by atomic mass is 19.4. The van der Waals surface area contributed by atoms with Crippen LogP contribution in [0.25, 0.3) is 0 Å². The zero-order valence-corrected chi connectivity index (χ0v) is 11.4. The van der Waals surface area contributed by atoms with E-state index in [1.54, 1.807) is 30.3 Å². The zero-order valence-electron chi connectivity index (χ0n) is 11.4. The molecule has 0 radical (unpaired) electrons. The maximum absolute atomic E-state index is 13.3. The van der Waals surface area contributed by atoms with E-state index in [1.165, 1.54) is 6.92 Å². The fraction of sp³-hybridized carbons (Fsp3) is 0.500. The summed E-state index contributed by atoms with van der Waals surface area (Å²) in [6, 6.07) is 8.03. The van der Waals surface area contributed by atoms with Gasteiger partial charge in [0.2, 0.25) is 5.72 Å². The molecule has 1 fully saturated rings. The summed E-state index contributed by atoms with van der Waals surface area (Å²) >= 11 is 0. The van der Waals surface area contributed by atoms with E-state index in [1.807, 2.05) is 0 Å². The molecule has 1 saturated heterocycles. The molecule has 0 bridgehead atoms. The van der Waals surface area contributed by atoms with Crippen molar-refractivity contribution in [1.82, 2.24) is 5.32 Å². The number of rotatable bonds is 4. The maximum Gasteiger partial charge on any atom is 0.431 e. The summed E-state index contributed by atoms with van der Waals surface area (Å²) in [6.07, 6.45) is -5.63. The van der Waals surface area contributed by atoms with E-state index in [0.717, 1.165) is 0 Å². The van der Waals surface area contributed by atoms with E-state index in [2.05, 4.69) is 10.1 Å². The molecule has 21 heavy (non-hydrogen) atoms. The van der Waals surface area contributed by atoms with Crippen LogP contribution in [0.1, 0.15) is 24.9 Å². The summed E-state index contributed by atoms with van der Waals surface area (Å²) in [4.78, 5) is 11.5. The average molecular weight is 303 g/mol. The third-order valence-corrected chi connectivity index (χ3v) is 3.26. The van der Waals surface area contributed by atoms with Crippen LogP contribution in [0.5, 0.6) is 0 Å². The number of esters is 1. The number of halogens is 3. The van der Waals surface area contributed by atoms with Crippen molar-refractivity contribution < 1.29 is 27.4 Å². The summed E-state index contributed by atoms with van der Waals surface area (Å²) in [5.41, 5.74) is -2.02. The second-order valence-electron chi connectivity index (χ2n) is 4.73. The van der Waals surface area contributed by atoms with Crippen LogP contribution in [0.2, 0.25) is 0 Å². The van der Waals surface area contributed by atoms with Crippen LogP contribution in [-0.2, 0) is 14.3 Å². The fourth-order valence-corrected chi connectivity index (χ4v) is 2.24. The van der Waals surface area contributed by atoms with Gasteiger partial charge in [-0.15, -0.1) is 0 Å². The normalized spacial score (nSPS) is 25.8. The first-order valence-electron chi connectivity index (χ1n) is 6.57. The number of ether oxygens (including phenoxy) is 2. The molecule has 1 unspecified atom stereocenters. The molecule has 1 N–H and O–H groups in total. The van der Waals surface area contributed by atoms with Gasteiger partial charge in [-0.05, 0) is 12.5 Å². The lowest BCUT2D eigenvalue weighted by Crippen LogP contribution is -2.56. The second kappa shape index (κ2) is 6.03. The lowest BCUT2D eigenvalue weighted by molar-refractivity contribution is -0.273. The maximum atomic E-state index is 13.3. The minimum Gasteiger partial charge on any atom is -0.466 e. The summed E-state index contributed by atoms with van der Waals surface area (Å²) in [6.45, 7) is 1.39. The lowest BCUT2D eigenvalue weighted by atomic mass is 10.1. The van der Waals surface area contributed by atoms with Crippen molar-refractivity contribution in [3.63, 3.8) is 0 Å². The molecule has 4 nitrogen and oxygen atoms in total. The molecule has 1 aliphatic heterocycles. The summed E-state index contributed by atoms with van der Waals surface area (Å²) in [5, 5.41) is 2.40. The Kier molecular flexibility index (Phi) is 4.53. The number of carbonyl (C=O) groups excluding carboxylic acids is 1. The Morgan fingerprint density at radius 3 is 2.67 bits per heavy atom. The number of alkyl halides is 3. The highest BCUT2D eigenvalue weighted by Gasteiger charge is 2.61. The molecule has 1 aromatic rings. The van der Waals surface area contributed by atoms with Crippen LogP contribution < -0.4 is 5.32 Å². The van der Waals surface area contributed by atoms with Crippen LogP contribution in [0.4, 0.5) is 13.2 Å². The Labute approximate surface area is 120 Å². The standard InChI is InChI=1S/C14H16F3NO3/c1-2-20-12(19)8-13(14(15,16)17)18-11(9-21-13)10-6-4-3-5-7-10/h3-7,11,18H,2,8-9H2,1H3/t11-,13?/m0/s1.